The predicted molar refractivity (Wildman–Crippen MR) is 72.0 cm³/mol. The van der Waals surface area contributed by atoms with E-state index in [2.05, 4.69) is 14.9 Å². The van der Waals surface area contributed by atoms with E-state index in [0.717, 1.165) is 5.75 Å². The molecule has 2 rings (SSSR count). The highest BCUT2D eigenvalue weighted by atomic mass is 16.5. The molecule has 0 saturated carbocycles. The van der Waals surface area contributed by atoms with E-state index in [1.807, 2.05) is 51.1 Å². The molecule has 102 valence electrons. The zero-order valence-corrected chi connectivity index (χ0v) is 11.3. The van der Waals surface area contributed by atoms with Crippen molar-refractivity contribution in [3.63, 3.8) is 0 Å². The lowest BCUT2D eigenvalue weighted by Gasteiger charge is -2.14. The molecule has 0 saturated heterocycles. The van der Waals surface area contributed by atoms with Crippen LogP contribution in [-0.4, -0.2) is 22.3 Å². The minimum Gasteiger partial charge on any atom is -0.462 e. The van der Waals surface area contributed by atoms with Crippen LogP contribution >= 0.6 is 0 Å². The molecule has 0 radical (unpaired) electrons. The van der Waals surface area contributed by atoms with Crippen LogP contribution in [0, 0.1) is 0 Å². The van der Waals surface area contributed by atoms with E-state index in [0.29, 0.717) is 12.4 Å². The Kier molecular flexibility index (Phi) is 5.60. The first-order valence-electron chi connectivity index (χ1n) is 5.85. The number of benzene rings is 1. The fraction of sp³-hybridized carbons (Fsp3) is 0.286. The summed E-state index contributed by atoms with van der Waals surface area (Å²) in [6.07, 6.45) is 1.72. The van der Waals surface area contributed by atoms with Crippen molar-refractivity contribution in [2.24, 2.45) is 0 Å². The van der Waals surface area contributed by atoms with E-state index in [9.17, 15) is 4.79 Å². The fourth-order valence-corrected chi connectivity index (χ4v) is 1.06. The van der Waals surface area contributed by atoms with Gasteiger partial charge in [0, 0.05) is 12.3 Å². The molecule has 0 fully saturated rings. The summed E-state index contributed by atoms with van der Waals surface area (Å²) in [5.41, 5.74) is -0.318. The standard InChI is InChI=1S/C9H8N2O.C5H10O2/c1-2-4-8(5-3-1)12-9-6-7-10-11-9;1-5(2,3)7-4-6/h1-7H,(H,10,11);4H,1-3H3. The average Bonchev–Trinajstić information content (AvgIpc) is 2.82. The first kappa shape index (κ1) is 14.8. The summed E-state index contributed by atoms with van der Waals surface area (Å²) in [5, 5.41) is 6.54. The van der Waals surface area contributed by atoms with E-state index in [-0.39, 0.29) is 5.60 Å². The monoisotopic (exact) mass is 262 g/mol. The van der Waals surface area contributed by atoms with Gasteiger partial charge in [-0.3, -0.25) is 9.89 Å². The Hall–Kier alpha value is -2.30. The Morgan fingerprint density at radius 1 is 1.16 bits per heavy atom. The summed E-state index contributed by atoms with van der Waals surface area (Å²) in [6.45, 7) is 5.92. The summed E-state index contributed by atoms with van der Waals surface area (Å²) in [7, 11) is 0. The second-order valence-electron chi connectivity index (χ2n) is 4.65. The van der Waals surface area contributed by atoms with Gasteiger partial charge in [-0.05, 0) is 32.9 Å². The number of nitrogens with one attached hydrogen (secondary N) is 1. The fourth-order valence-electron chi connectivity index (χ4n) is 1.06. The smallest absolute Gasteiger partial charge is 0.293 e. The molecule has 0 amide bonds. The third-order valence-electron chi connectivity index (χ3n) is 1.84. The van der Waals surface area contributed by atoms with Gasteiger partial charge in [-0.1, -0.05) is 18.2 Å². The number of ether oxygens (including phenoxy) is 2. The minimum absolute atomic E-state index is 0.318. The lowest BCUT2D eigenvalue weighted by Crippen LogP contribution is -2.17. The second kappa shape index (κ2) is 7.20. The van der Waals surface area contributed by atoms with E-state index in [1.165, 1.54) is 0 Å². The summed E-state index contributed by atoms with van der Waals surface area (Å²) in [4.78, 5) is 9.60. The molecule has 0 aliphatic carbocycles. The van der Waals surface area contributed by atoms with E-state index in [4.69, 9.17) is 4.74 Å². The highest BCUT2D eigenvalue weighted by Crippen LogP contribution is 2.16. The molecule has 1 N–H and O–H groups in total. The largest absolute Gasteiger partial charge is 0.462 e. The molecule has 2 aromatic rings. The molecule has 0 aliphatic heterocycles. The number of carbonyl (C=O) groups excluding carboxylic acids is 1. The number of nitrogens with zero attached hydrogens (tertiary/aromatic N) is 1. The van der Waals surface area contributed by atoms with Gasteiger partial charge < -0.3 is 9.47 Å². The number of hydrogen-bond acceptors (Lipinski definition) is 4. The van der Waals surface area contributed by atoms with Crippen molar-refractivity contribution in [2.75, 3.05) is 0 Å². The Bertz CT molecular complexity index is 461. The van der Waals surface area contributed by atoms with Gasteiger partial charge in [0.15, 0.2) is 0 Å². The Balaban J connectivity index is 0.000000224. The third-order valence-corrected chi connectivity index (χ3v) is 1.84. The highest BCUT2D eigenvalue weighted by Gasteiger charge is 2.07. The number of aromatic nitrogens is 2. The van der Waals surface area contributed by atoms with Crippen molar-refractivity contribution in [2.45, 2.75) is 26.4 Å². The Morgan fingerprint density at radius 3 is 2.26 bits per heavy atom. The maximum atomic E-state index is 9.60. The molecule has 5 heteroatoms. The number of aromatic amines is 1. The van der Waals surface area contributed by atoms with Crippen LogP contribution in [-0.2, 0) is 9.53 Å². The van der Waals surface area contributed by atoms with Gasteiger partial charge in [0.05, 0.1) is 0 Å². The SMILES string of the molecule is CC(C)(C)OC=O.c1ccc(Oc2cc[nH]n2)cc1. The van der Waals surface area contributed by atoms with Gasteiger partial charge in [-0.2, -0.15) is 0 Å². The van der Waals surface area contributed by atoms with Crippen LogP contribution in [0.4, 0.5) is 0 Å². The van der Waals surface area contributed by atoms with Gasteiger partial charge in [0.25, 0.3) is 6.47 Å². The zero-order chi connectivity index (χ0) is 14.1. The molecule has 19 heavy (non-hydrogen) atoms. The van der Waals surface area contributed by atoms with Gasteiger partial charge in [0.1, 0.15) is 11.4 Å². The van der Waals surface area contributed by atoms with Crippen LogP contribution in [0.2, 0.25) is 0 Å². The van der Waals surface area contributed by atoms with Crippen molar-refractivity contribution < 1.29 is 14.3 Å². The second-order valence-corrected chi connectivity index (χ2v) is 4.65. The van der Waals surface area contributed by atoms with Crippen molar-refractivity contribution >= 4 is 6.47 Å². The van der Waals surface area contributed by atoms with Crippen LogP contribution in [0.15, 0.2) is 42.6 Å². The third kappa shape index (κ3) is 6.88. The lowest BCUT2D eigenvalue weighted by atomic mass is 10.2. The van der Waals surface area contributed by atoms with Crippen molar-refractivity contribution in [1.82, 2.24) is 10.2 Å². The number of carbonyl (C=O) groups is 1. The quantitative estimate of drug-likeness (QED) is 0.863. The Labute approximate surface area is 112 Å². The van der Waals surface area contributed by atoms with Crippen LogP contribution in [0.1, 0.15) is 20.8 Å². The molecule has 0 atom stereocenters. The predicted octanol–water partition coefficient (Wildman–Crippen LogP) is 3.16. The summed E-state index contributed by atoms with van der Waals surface area (Å²) >= 11 is 0. The van der Waals surface area contributed by atoms with Crippen molar-refractivity contribution in [3.05, 3.63) is 42.6 Å². The molecule has 1 aromatic carbocycles. The highest BCUT2D eigenvalue weighted by molar-refractivity contribution is 5.37. The number of rotatable bonds is 3. The van der Waals surface area contributed by atoms with Crippen molar-refractivity contribution in [3.8, 4) is 11.6 Å². The molecular formula is C14H18N2O3. The molecule has 0 bridgehead atoms. The number of H-pyrrole nitrogens is 1. The van der Waals surface area contributed by atoms with E-state index < -0.39 is 0 Å². The van der Waals surface area contributed by atoms with E-state index >= 15 is 0 Å². The molecule has 0 aliphatic rings. The van der Waals surface area contributed by atoms with Crippen LogP contribution in [0.3, 0.4) is 0 Å². The van der Waals surface area contributed by atoms with E-state index in [1.54, 1.807) is 12.3 Å². The van der Waals surface area contributed by atoms with Crippen LogP contribution in [0.5, 0.6) is 11.6 Å². The number of para-hydroxylation sites is 1. The van der Waals surface area contributed by atoms with Crippen molar-refractivity contribution in [1.29, 1.82) is 0 Å². The number of hydrogen-bond donors (Lipinski definition) is 1. The van der Waals surface area contributed by atoms with Gasteiger partial charge in [-0.25, -0.2) is 0 Å². The normalized spacial score (nSPS) is 10.1. The molecule has 1 heterocycles. The first-order valence-corrected chi connectivity index (χ1v) is 5.85. The first-order chi connectivity index (χ1) is 9.01. The van der Waals surface area contributed by atoms with Gasteiger partial charge in [-0.15, -0.1) is 5.10 Å². The minimum atomic E-state index is -0.318. The summed E-state index contributed by atoms with van der Waals surface area (Å²) in [6, 6.07) is 11.3. The molecule has 5 nitrogen and oxygen atoms in total. The van der Waals surface area contributed by atoms with Crippen LogP contribution < -0.4 is 4.74 Å². The Morgan fingerprint density at radius 2 is 1.84 bits per heavy atom. The van der Waals surface area contributed by atoms with Gasteiger partial charge >= 0.3 is 0 Å². The topological polar surface area (TPSA) is 64.2 Å². The molecule has 1 aromatic heterocycles. The van der Waals surface area contributed by atoms with Crippen LogP contribution in [0.25, 0.3) is 0 Å². The maximum Gasteiger partial charge on any atom is 0.293 e. The summed E-state index contributed by atoms with van der Waals surface area (Å²) < 4.78 is 9.92. The lowest BCUT2D eigenvalue weighted by molar-refractivity contribution is -0.138. The average molecular weight is 262 g/mol. The molecule has 0 spiro atoms. The maximum absolute atomic E-state index is 9.60. The van der Waals surface area contributed by atoms with Gasteiger partial charge in [0.2, 0.25) is 5.88 Å². The summed E-state index contributed by atoms with van der Waals surface area (Å²) in [5.74, 6) is 1.38. The molecule has 0 unspecified atom stereocenters. The zero-order valence-electron chi connectivity index (χ0n) is 11.3. The molecular weight excluding hydrogens is 244 g/mol.